The maximum atomic E-state index is 13.3. The van der Waals surface area contributed by atoms with E-state index in [9.17, 15) is 4.79 Å². The SMILES string of the molecule is CCOc1ccc(C2Nn3c(C)nnc3SC2C(=O)Nc2ccc(C)c(C)c2)cc1. The highest BCUT2D eigenvalue weighted by Crippen LogP contribution is 2.38. The molecule has 0 saturated heterocycles. The molecule has 2 atom stereocenters. The van der Waals surface area contributed by atoms with E-state index < -0.39 is 5.25 Å². The monoisotopic (exact) mass is 423 g/mol. The molecule has 7 nitrogen and oxygen atoms in total. The largest absolute Gasteiger partial charge is 0.494 e. The van der Waals surface area contributed by atoms with Crippen LogP contribution in [0.5, 0.6) is 5.75 Å². The van der Waals surface area contributed by atoms with Crippen molar-refractivity contribution >= 4 is 23.4 Å². The van der Waals surface area contributed by atoms with Crippen LogP contribution < -0.4 is 15.5 Å². The number of hydrogen-bond acceptors (Lipinski definition) is 6. The van der Waals surface area contributed by atoms with Gasteiger partial charge in [-0.3, -0.25) is 4.79 Å². The number of carbonyl (C=O) groups is 1. The molecule has 2 aromatic carbocycles. The zero-order valence-corrected chi connectivity index (χ0v) is 18.3. The Balaban J connectivity index is 1.63. The van der Waals surface area contributed by atoms with Crippen molar-refractivity contribution in [2.75, 3.05) is 17.3 Å². The van der Waals surface area contributed by atoms with Gasteiger partial charge in [-0.1, -0.05) is 30.0 Å². The summed E-state index contributed by atoms with van der Waals surface area (Å²) < 4.78 is 7.39. The molecule has 0 radical (unpaired) electrons. The number of aryl methyl sites for hydroxylation is 3. The van der Waals surface area contributed by atoms with E-state index >= 15 is 0 Å². The number of hydrogen-bond donors (Lipinski definition) is 2. The average Bonchev–Trinajstić information content (AvgIpc) is 3.11. The molecule has 1 aliphatic heterocycles. The number of fused-ring (bicyclic) bond motifs is 1. The molecule has 0 saturated carbocycles. The maximum Gasteiger partial charge on any atom is 0.240 e. The summed E-state index contributed by atoms with van der Waals surface area (Å²) in [4.78, 5) is 13.3. The highest BCUT2D eigenvalue weighted by molar-refractivity contribution is 8.00. The second-order valence-corrected chi connectivity index (χ2v) is 8.41. The summed E-state index contributed by atoms with van der Waals surface area (Å²) in [6, 6.07) is 13.5. The Morgan fingerprint density at radius 1 is 1.13 bits per heavy atom. The van der Waals surface area contributed by atoms with Gasteiger partial charge in [-0.2, -0.15) is 0 Å². The van der Waals surface area contributed by atoms with Crippen LogP contribution in [0.15, 0.2) is 47.6 Å². The molecule has 0 fully saturated rings. The second kappa shape index (κ2) is 8.39. The van der Waals surface area contributed by atoms with E-state index in [1.807, 2.05) is 67.9 Å². The van der Waals surface area contributed by atoms with Crippen LogP contribution >= 0.6 is 11.8 Å². The third-order valence-electron chi connectivity index (χ3n) is 5.18. The van der Waals surface area contributed by atoms with Gasteiger partial charge in [-0.15, -0.1) is 10.2 Å². The summed E-state index contributed by atoms with van der Waals surface area (Å²) in [5.74, 6) is 1.48. The molecule has 2 heterocycles. The fourth-order valence-corrected chi connectivity index (χ4v) is 4.51. The Hall–Kier alpha value is -3.00. The van der Waals surface area contributed by atoms with Crippen molar-refractivity contribution in [2.24, 2.45) is 0 Å². The van der Waals surface area contributed by atoms with Gasteiger partial charge in [-0.05, 0) is 68.7 Å². The van der Waals surface area contributed by atoms with Gasteiger partial charge in [0.05, 0.1) is 12.6 Å². The molecular formula is C22H25N5O2S. The van der Waals surface area contributed by atoms with Crippen molar-refractivity contribution in [3.8, 4) is 5.75 Å². The summed E-state index contributed by atoms with van der Waals surface area (Å²) in [5, 5.41) is 11.7. The molecule has 1 aliphatic rings. The van der Waals surface area contributed by atoms with Crippen LogP contribution in [-0.4, -0.2) is 32.6 Å². The Kier molecular flexibility index (Phi) is 5.67. The number of benzene rings is 2. The van der Waals surface area contributed by atoms with Crippen molar-refractivity contribution in [3.05, 3.63) is 65.0 Å². The minimum absolute atomic E-state index is 0.0819. The lowest BCUT2D eigenvalue weighted by molar-refractivity contribution is -0.116. The smallest absolute Gasteiger partial charge is 0.240 e. The average molecular weight is 424 g/mol. The first-order valence-electron chi connectivity index (χ1n) is 9.92. The van der Waals surface area contributed by atoms with E-state index in [1.54, 1.807) is 0 Å². The first kappa shape index (κ1) is 20.3. The van der Waals surface area contributed by atoms with Crippen LogP contribution in [0.25, 0.3) is 0 Å². The van der Waals surface area contributed by atoms with Gasteiger partial charge in [0.25, 0.3) is 0 Å². The van der Waals surface area contributed by atoms with Gasteiger partial charge in [0.2, 0.25) is 11.1 Å². The van der Waals surface area contributed by atoms with Gasteiger partial charge in [-0.25, -0.2) is 4.68 Å². The van der Waals surface area contributed by atoms with Crippen molar-refractivity contribution in [2.45, 2.75) is 44.1 Å². The van der Waals surface area contributed by atoms with E-state index in [0.29, 0.717) is 11.8 Å². The quantitative estimate of drug-likeness (QED) is 0.646. The summed E-state index contributed by atoms with van der Waals surface area (Å²) in [6.45, 7) is 8.54. The number of nitrogens with one attached hydrogen (secondary N) is 2. The normalized spacial score (nSPS) is 17.7. The summed E-state index contributed by atoms with van der Waals surface area (Å²) in [6.07, 6.45) is 0. The Labute approximate surface area is 180 Å². The number of ether oxygens (including phenoxy) is 1. The van der Waals surface area contributed by atoms with Crippen LogP contribution in [0.4, 0.5) is 5.69 Å². The minimum Gasteiger partial charge on any atom is -0.494 e. The third-order valence-corrected chi connectivity index (χ3v) is 6.40. The van der Waals surface area contributed by atoms with Crippen molar-refractivity contribution < 1.29 is 9.53 Å². The zero-order valence-electron chi connectivity index (χ0n) is 17.5. The molecule has 0 aliphatic carbocycles. The predicted molar refractivity (Wildman–Crippen MR) is 119 cm³/mol. The molecule has 30 heavy (non-hydrogen) atoms. The lowest BCUT2D eigenvalue weighted by Crippen LogP contribution is -2.41. The molecule has 3 aromatic rings. The molecule has 156 valence electrons. The van der Waals surface area contributed by atoms with Gasteiger partial charge < -0.3 is 15.5 Å². The van der Waals surface area contributed by atoms with Crippen LogP contribution in [0.3, 0.4) is 0 Å². The van der Waals surface area contributed by atoms with Gasteiger partial charge in [0.1, 0.15) is 16.8 Å². The lowest BCUT2D eigenvalue weighted by Gasteiger charge is -2.32. The highest BCUT2D eigenvalue weighted by atomic mass is 32.2. The number of rotatable bonds is 5. The summed E-state index contributed by atoms with van der Waals surface area (Å²) in [7, 11) is 0. The van der Waals surface area contributed by atoms with Gasteiger partial charge in [0, 0.05) is 5.69 Å². The van der Waals surface area contributed by atoms with E-state index in [1.165, 1.54) is 17.3 Å². The molecule has 1 amide bonds. The fourth-order valence-electron chi connectivity index (χ4n) is 3.38. The second-order valence-electron chi connectivity index (χ2n) is 7.30. The molecule has 1 aromatic heterocycles. The minimum atomic E-state index is -0.416. The van der Waals surface area contributed by atoms with Crippen LogP contribution in [0, 0.1) is 20.8 Å². The van der Waals surface area contributed by atoms with Gasteiger partial charge in [0.15, 0.2) is 0 Å². The third kappa shape index (κ3) is 4.00. The molecular weight excluding hydrogens is 398 g/mol. The summed E-state index contributed by atoms with van der Waals surface area (Å²) >= 11 is 1.41. The molecule has 0 bridgehead atoms. The molecule has 4 rings (SSSR count). The Morgan fingerprint density at radius 2 is 1.90 bits per heavy atom. The maximum absolute atomic E-state index is 13.3. The Morgan fingerprint density at radius 3 is 2.60 bits per heavy atom. The predicted octanol–water partition coefficient (Wildman–Crippen LogP) is 4.00. The molecule has 2 N–H and O–H groups in total. The van der Waals surface area contributed by atoms with E-state index in [2.05, 4.69) is 27.9 Å². The Bertz CT molecular complexity index is 1060. The number of thioether (sulfide) groups is 1. The van der Waals surface area contributed by atoms with Crippen molar-refractivity contribution in [3.63, 3.8) is 0 Å². The lowest BCUT2D eigenvalue weighted by atomic mass is 10.0. The number of nitrogens with zero attached hydrogens (tertiary/aromatic N) is 3. The molecule has 2 unspecified atom stereocenters. The molecule has 0 spiro atoms. The van der Waals surface area contributed by atoms with Crippen LogP contribution in [0.2, 0.25) is 0 Å². The molecule has 8 heteroatoms. The van der Waals surface area contributed by atoms with E-state index in [-0.39, 0.29) is 11.9 Å². The first-order chi connectivity index (χ1) is 14.5. The van der Waals surface area contributed by atoms with Gasteiger partial charge >= 0.3 is 0 Å². The first-order valence-corrected chi connectivity index (χ1v) is 10.8. The summed E-state index contributed by atoms with van der Waals surface area (Å²) in [5.41, 5.74) is 7.53. The van der Waals surface area contributed by atoms with Crippen LogP contribution in [-0.2, 0) is 4.79 Å². The fraction of sp³-hybridized carbons (Fsp3) is 0.318. The van der Waals surface area contributed by atoms with E-state index in [4.69, 9.17) is 4.74 Å². The van der Waals surface area contributed by atoms with Crippen molar-refractivity contribution in [1.29, 1.82) is 0 Å². The zero-order chi connectivity index (χ0) is 21.3. The van der Waals surface area contributed by atoms with Crippen molar-refractivity contribution in [1.82, 2.24) is 14.9 Å². The number of amides is 1. The standard InChI is InChI=1S/C22H25N5O2S/c1-5-29-18-10-7-16(8-11-18)19-20(30-22-25-24-15(4)27(22)26-19)21(28)23-17-9-6-13(2)14(3)12-17/h6-12,19-20,26H,5H2,1-4H3,(H,23,28). The highest BCUT2D eigenvalue weighted by Gasteiger charge is 2.37. The number of carbonyl (C=O) groups excluding carboxylic acids is 1. The van der Waals surface area contributed by atoms with E-state index in [0.717, 1.165) is 28.4 Å². The van der Waals surface area contributed by atoms with Crippen LogP contribution in [0.1, 0.15) is 35.5 Å². The number of aromatic nitrogens is 3. The number of anilines is 1. The topological polar surface area (TPSA) is 81.1 Å².